The number of methoxy groups -OCH3 is 2. The van der Waals surface area contributed by atoms with Crippen LogP contribution in [0.1, 0.15) is 38.9 Å². The number of aryl methyl sites for hydroxylation is 1. The molecule has 22 rings (SSSR count). The van der Waals surface area contributed by atoms with Crippen LogP contribution in [0.2, 0.25) is 0 Å². The van der Waals surface area contributed by atoms with E-state index in [2.05, 4.69) is 522 Å². The molecule has 137 heavy (non-hydrogen) atoms. The van der Waals surface area contributed by atoms with E-state index in [1.807, 2.05) is 12.1 Å². The Bertz CT molecular complexity index is 7890. The zero-order valence-corrected chi connectivity index (χ0v) is 76.1. The first-order chi connectivity index (χ1) is 67.7. The normalized spacial score (nSPS) is 11.0. The van der Waals surface area contributed by atoms with Gasteiger partial charge < -0.3 is 9.47 Å². The van der Waals surface area contributed by atoms with E-state index in [4.69, 9.17) is 9.47 Å². The Morgan fingerprint density at radius 3 is 0.584 bits per heavy atom. The molecule has 0 saturated heterocycles. The van der Waals surface area contributed by atoms with Crippen molar-refractivity contribution in [2.24, 2.45) is 0 Å². The number of hydrogen-bond acceptors (Lipinski definition) is 2. The lowest BCUT2D eigenvalue weighted by molar-refractivity contribution is 0.415. The fraction of sp³-hybridized carbons (Fsp3) is 0.0222. The van der Waals surface area contributed by atoms with Gasteiger partial charge in [-0.2, -0.15) is 0 Å². The van der Waals surface area contributed by atoms with Crippen molar-refractivity contribution in [2.75, 3.05) is 14.2 Å². The fourth-order valence-electron chi connectivity index (χ4n) is 19.5. The highest BCUT2D eigenvalue weighted by Gasteiger charge is 2.31. The lowest BCUT2D eigenvalue weighted by atomic mass is 9.75. The minimum atomic E-state index is 0.824. The summed E-state index contributed by atoms with van der Waals surface area (Å²) >= 11 is 0. The van der Waals surface area contributed by atoms with Gasteiger partial charge in [-0.25, -0.2) is 0 Å². The summed E-state index contributed by atoms with van der Waals surface area (Å²) in [6.07, 6.45) is 0. The van der Waals surface area contributed by atoms with Crippen LogP contribution in [0.15, 0.2) is 491 Å². The molecule has 0 radical (unpaired) electrons. The summed E-state index contributed by atoms with van der Waals surface area (Å²) in [6.45, 7) is 2.14. The molecule has 0 spiro atoms. The fourth-order valence-corrected chi connectivity index (χ4v) is 19.5. The second-order valence-corrected chi connectivity index (χ2v) is 34.8. The van der Waals surface area contributed by atoms with Gasteiger partial charge >= 0.3 is 0 Å². The third-order valence-corrected chi connectivity index (χ3v) is 26.1. The SMILES string of the molecule is COc1ccc2cc(C#Cc3ccc(-c4c(-c5ccccc5)cc(-c5cc(-c6cc(-c7ccccc7)c(-c7ccc(C#Cc8ccc9cc(C)ccc9c8)cc7)c(-c7ccccc7)c6-c6ccccc6)cc(-c6cc(-c7ccccc7)c(-c7ccc(C#Cc8ccc9cc(OC)ccc9c8)cc7)c(-c7ccccc7)c6-c6ccccc6)c5)c(-c5ccccc5)c4-c4ccccc4)cc3)ccc2c1. The average Bonchev–Trinajstić information content (AvgIpc) is 0.721. The highest BCUT2D eigenvalue weighted by Crippen LogP contribution is 2.57. The Balaban J connectivity index is 0.842. The van der Waals surface area contributed by atoms with Gasteiger partial charge in [0.05, 0.1) is 14.2 Å². The maximum absolute atomic E-state index is 5.59. The third kappa shape index (κ3) is 17.5. The van der Waals surface area contributed by atoms with E-state index in [-0.39, 0.29) is 0 Å². The second-order valence-electron chi connectivity index (χ2n) is 34.8. The van der Waals surface area contributed by atoms with Gasteiger partial charge in [-0.3, -0.25) is 0 Å². The van der Waals surface area contributed by atoms with E-state index in [1.165, 1.54) is 16.3 Å². The highest BCUT2D eigenvalue weighted by molar-refractivity contribution is 6.13. The van der Waals surface area contributed by atoms with Crippen LogP contribution in [0.4, 0.5) is 0 Å². The predicted octanol–water partition coefficient (Wildman–Crippen LogP) is 34.7. The van der Waals surface area contributed by atoms with Crippen molar-refractivity contribution in [3.05, 3.63) is 530 Å². The molecule has 0 unspecified atom stereocenters. The van der Waals surface area contributed by atoms with Crippen molar-refractivity contribution in [1.82, 2.24) is 0 Å². The summed E-state index contributed by atoms with van der Waals surface area (Å²) in [5.41, 5.74) is 38.9. The first kappa shape index (κ1) is 84.4. The molecule has 2 heteroatoms. The largest absolute Gasteiger partial charge is 0.497 e. The van der Waals surface area contributed by atoms with Crippen molar-refractivity contribution in [1.29, 1.82) is 0 Å². The van der Waals surface area contributed by atoms with Gasteiger partial charge in [-0.1, -0.05) is 399 Å². The quantitative estimate of drug-likeness (QED) is 0.0846. The topological polar surface area (TPSA) is 18.5 Å². The minimum absolute atomic E-state index is 0.824. The molecule has 22 aromatic rings. The summed E-state index contributed by atoms with van der Waals surface area (Å²) in [6, 6.07) is 180. The van der Waals surface area contributed by atoms with Crippen molar-refractivity contribution in [2.45, 2.75) is 6.92 Å². The molecule has 0 bridgehead atoms. The van der Waals surface area contributed by atoms with Gasteiger partial charge in [0.2, 0.25) is 0 Å². The maximum Gasteiger partial charge on any atom is 0.119 e. The smallest absolute Gasteiger partial charge is 0.119 e. The molecule has 642 valence electrons. The van der Waals surface area contributed by atoms with E-state index in [0.717, 1.165) is 233 Å². The van der Waals surface area contributed by atoms with Crippen molar-refractivity contribution < 1.29 is 9.47 Å². The number of hydrogen-bond donors (Lipinski definition) is 0. The summed E-state index contributed by atoms with van der Waals surface area (Å²) < 4.78 is 11.2. The molecule has 0 amide bonds. The predicted molar refractivity (Wildman–Crippen MR) is 576 cm³/mol. The molecule has 22 aromatic carbocycles. The minimum Gasteiger partial charge on any atom is -0.497 e. The molecular formula is C135H90O2. The Morgan fingerprint density at radius 2 is 0.328 bits per heavy atom. The molecule has 0 aliphatic rings. The summed E-state index contributed by atoms with van der Waals surface area (Å²) in [7, 11) is 3.41. The van der Waals surface area contributed by atoms with Crippen molar-refractivity contribution >= 4 is 32.3 Å². The second kappa shape index (κ2) is 38.0. The van der Waals surface area contributed by atoms with Crippen LogP contribution in [-0.4, -0.2) is 14.2 Å². The van der Waals surface area contributed by atoms with Gasteiger partial charge in [0.15, 0.2) is 0 Å². The van der Waals surface area contributed by atoms with Crippen LogP contribution < -0.4 is 9.47 Å². The first-order valence-corrected chi connectivity index (χ1v) is 46.5. The van der Waals surface area contributed by atoms with Crippen LogP contribution in [0.5, 0.6) is 11.5 Å². The van der Waals surface area contributed by atoms with Crippen LogP contribution in [-0.2, 0) is 0 Å². The number of fused-ring (bicyclic) bond motifs is 3. The van der Waals surface area contributed by atoms with E-state index in [0.29, 0.717) is 0 Å². The van der Waals surface area contributed by atoms with Gasteiger partial charge in [-0.15, -0.1) is 0 Å². The number of benzene rings is 22. The number of ether oxygens (including phenoxy) is 2. The highest BCUT2D eigenvalue weighted by atomic mass is 16.5. The van der Waals surface area contributed by atoms with Crippen LogP contribution in [0, 0.1) is 42.4 Å². The van der Waals surface area contributed by atoms with Crippen molar-refractivity contribution in [3.63, 3.8) is 0 Å². The molecule has 0 aliphatic heterocycles. The molecule has 2 nitrogen and oxygen atoms in total. The maximum atomic E-state index is 5.59. The zero-order chi connectivity index (χ0) is 91.9. The molecule has 0 fully saturated rings. The van der Waals surface area contributed by atoms with E-state index < -0.39 is 0 Å². The molecule has 0 aliphatic carbocycles. The Labute approximate surface area is 801 Å². The van der Waals surface area contributed by atoms with Crippen LogP contribution in [0.25, 0.3) is 199 Å². The summed E-state index contributed by atoms with van der Waals surface area (Å²) in [5.74, 6) is 23.0. The number of rotatable bonds is 17. The van der Waals surface area contributed by atoms with E-state index in [9.17, 15) is 0 Å². The standard InChI is InChI=1S/C135H90O2/c1-91-49-65-111-80-95(62-72-110(111)79-91)53-50-92-56-66-107(67-57-92)130-121(98-31-13-4-14-32-98)88-124(127(101-37-19-7-20-38-101)133(130)104-43-25-10-26-44-104)116-83-117(125-89-122(99-33-15-5-16-34-99)131(134(105-45-27-11-28-46-105)128(125)102-39-21-8-22-40-102)108-68-58-93(59-69-108)51-54-96-63-73-114-86-119(136-2)77-75-112(114)81-96)85-118(84-116)126-90-123(100-35-17-6-18-36-100)132(135(106-47-29-12-30-48-106)129(126)103-41-23-9-24-42-103)109-70-60-94(61-71-109)52-55-97-64-74-115-87-120(137-3)78-76-113(115)82-97/h4-49,56-90H,1-3H3. The summed E-state index contributed by atoms with van der Waals surface area (Å²) in [5, 5.41) is 6.78. The molecular weight excluding hydrogens is 1650 g/mol. The van der Waals surface area contributed by atoms with Gasteiger partial charge in [0.25, 0.3) is 0 Å². The lowest BCUT2D eigenvalue weighted by Gasteiger charge is -2.27. The molecule has 0 atom stereocenters. The Hall–Kier alpha value is -18.1. The van der Waals surface area contributed by atoms with E-state index in [1.54, 1.807) is 14.2 Å². The summed E-state index contributed by atoms with van der Waals surface area (Å²) in [4.78, 5) is 0. The van der Waals surface area contributed by atoms with Crippen LogP contribution in [0.3, 0.4) is 0 Å². The zero-order valence-electron chi connectivity index (χ0n) is 76.1. The van der Waals surface area contributed by atoms with Crippen molar-refractivity contribution in [3.8, 4) is 214 Å². The molecule has 0 saturated carbocycles. The van der Waals surface area contributed by atoms with Gasteiger partial charge in [-0.05, 0) is 340 Å². The monoisotopic (exact) mass is 1740 g/mol. The average molecular weight is 1740 g/mol. The Kier molecular flexibility index (Phi) is 23.4. The van der Waals surface area contributed by atoms with Gasteiger partial charge in [0.1, 0.15) is 11.5 Å². The Morgan fingerprint density at radius 1 is 0.139 bits per heavy atom. The molecule has 0 aromatic heterocycles. The van der Waals surface area contributed by atoms with Gasteiger partial charge in [0, 0.05) is 33.4 Å². The lowest BCUT2D eigenvalue weighted by Crippen LogP contribution is -2.01. The van der Waals surface area contributed by atoms with Crippen LogP contribution >= 0.6 is 0 Å². The molecule has 0 heterocycles. The van der Waals surface area contributed by atoms with E-state index >= 15 is 0 Å². The first-order valence-electron chi connectivity index (χ1n) is 46.5. The third-order valence-electron chi connectivity index (χ3n) is 26.1. The molecule has 0 N–H and O–H groups in total.